The van der Waals surface area contributed by atoms with Gasteiger partial charge in [0.05, 0.1) is 0 Å². The highest BCUT2D eigenvalue weighted by molar-refractivity contribution is 6.04. The highest BCUT2D eigenvalue weighted by atomic mass is 16.6. The number of Topliss-reactive ketones (excluding diaryl/α,β-unsaturated/α-hetero) is 2. The summed E-state index contributed by atoms with van der Waals surface area (Å²) in [5, 5.41) is 0. The Labute approximate surface area is 114 Å². The molecule has 0 aromatic carbocycles. The van der Waals surface area contributed by atoms with Crippen molar-refractivity contribution in [2.24, 2.45) is 5.41 Å². The van der Waals surface area contributed by atoms with E-state index in [1.54, 1.807) is 20.8 Å². The van der Waals surface area contributed by atoms with Crippen molar-refractivity contribution in [3.63, 3.8) is 0 Å². The molecule has 0 unspecified atom stereocenters. The van der Waals surface area contributed by atoms with Crippen molar-refractivity contribution in [3.05, 3.63) is 0 Å². The van der Waals surface area contributed by atoms with Crippen LogP contribution in [0, 0.1) is 5.41 Å². The lowest BCUT2D eigenvalue weighted by Crippen LogP contribution is -2.45. The Bertz CT molecular complexity index is 378. The lowest BCUT2D eigenvalue weighted by molar-refractivity contribution is -0.173. The summed E-state index contributed by atoms with van der Waals surface area (Å²) >= 11 is 0. The molecule has 4 heteroatoms. The molecule has 1 aliphatic rings. The minimum Gasteiger partial charge on any atom is -0.459 e. The first kappa shape index (κ1) is 15.9. The fourth-order valence-corrected chi connectivity index (χ4v) is 2.44. The third kappa shape index (κ3) is 4.15. The molecule has 1 saturated carbocycles. The van der Waals surface area contributed by atoms with Gasteiger partial charge in [-0.1, -0.05) is 6.42 Å². The molecule has 0 saturated heterocycles. The molecule has 108 valence electrons. The van der Waals surface area contributed by atoms with Crippen LogP contribution in [0.3, 0.4) is 0 Å². The molecule has 0 spiro atoms. The van der Waals surface area contributed by atoms with Gasteiger partial charge in [-0.2, -0.15) is 0 Å². The van der Waals surface area contributed by atoms with Crippen molar-refractivity contribution in [1.29, 1.82) is 0 Å². The van der Waals surface area contributed by atoms with E-state index in [1.165, 1.54) is 6.92 Å². The average molecular weight is 268 g/mol. The molecule has 0 N–H and O–H groups in total. The molecule has 1 rings (SSSR count). The molecule has 1 aliphatic carbocycles. The van der Waals surface area contributed by atoms with Gasteiger partial charge in [0.25, 0.3) is 0 Å². The minimum absolute atomic E-state index is 0.00121. The normalized spacial score (nSPS) is 24.1. The second-order valence-electron chi connectivity index (χ2n) is 6.42. The van der Waals surface area contributed by atoms with E-state index in [1.807, 2.05) is 0 Å². The van der Waals surface area contributed by atoms with Crippen LogP contribution in [0.4, 0.5) is 0 Å². The van der Waals surface area contributed by atoms with Crippen molar-refractivity contribution in [2.75, 3.05) is 0 Å². The lowest BCUT2D eigenvalue weighted by Gasteiger charge is -2.35. The van der Waals surface area contributed by atoms with Gasteiger partial charge < -0.3 is 9.53 Å². The first-order chi connectivity index (χ1) is 8.67. The van der Waals surface area contributed by atoms with E-state index in [-0.39, 0.29) is 24.4 Å². The summed E-state index contributed by atoms with van der Waals surface area (Å²) in [7, 11) is 0. The molecule has 0 heterocycles. The van der Waals surface area contributed by atoms with Crippen LogP contribution in [0.1, 0.15) is 66.2 Å². The largest absolute Gasteiger partial charge is 0.459 e. The van der Waals surface area contributed by atoms with Crippen molar-refractivity contribution >= 4 is 17.5 Å². The second kappa shape index (κ2) is 5.85. The van der Waals surface area contributed by atoms with E-state index in [2.05, 4.69) is 0 Å². The molecular formula is C15H24O4. The highest BCUT2D eigenvalue weighted by Gasteiger charge is 2.48. The van der Waals surface area contributed by atoms with Crippen LogP contribution in [0.25, 0.3) is 0 Å². The summed E-state index contributed by atoms with van der Waals surface area (Å²) in [4.78, 5) is 35.8. The Balaban J connectivity index is 2.93. The molecule has 0 aliphatic heterocycles. The molecular weight excluding hydrogens is 244 g/mol. The van der Waals surface area contributed by atoms with Gasteiger partial charge >= 0.3 is 5.97 Å². The van der Waals surface area contributed by atoms with Gasteiger partial charge in [0, 0.05) is 12.8 Å². The number of carbonyl (C=O) groups excluding carboxylic acids is 3. The summed E-state index contributed by atoms with van der Waals surface area (Å²) in [6.07, 6.45) is 3.12. The lowest BCUT2D eigenvalue weighted by atomic mass is 9.69. The Hall–Kier alpha value is -1.19. The number of hydrogen-bond acceptors (Lipinski definition) is 4. The van der Waals surface area contributed by atoms with E-state index in [0.717, 1.165) is 12.8 Å². The van der Waals surface area contributed by atoms with Crippen LogP contribution in [0.15, 0.2) is 0 Å². The number of ether oxygens (including phenoxy) is 1. The smallest absolute Gasteiger partial charge is 0.320 e. The minimum atomic E-state index is -1.09. The first-order valence-electron chi connectivity index (χ1n) is 6.93. The summed E-state index contributed by atoms with van der Waals surface area (Å²) in [6.45, 7) is 6.85. The molecule has 0 aromatic heterocycles. The predicted octanol–water partition coefficient (Wildman–Crippen LogP) is 2.83. The number of hydrogen-bond donors (Lipinski definition) is 0. The number of ketones is 2. The van der Waals surface area contributed by atoms with Crippen molar-refractivity contribution < 1.29 is 19.1 Å². The van der Waals surface area contributed by atoms with Gasteiger partial charge in [-0.3, -0.25) is 9.59 Å². The van der Waals surface area contributed by atoms with E-state index in [9.17, 15) is 14.4 Å². The van der Waals surface area contributed by atoms with Crippen LogP contribution in [-0.4, -0.2) is 23.1 Å². The molecule has 0 amide bonds. The van der Waals surface area contributed by atoms with E-state index in [0.29, 0.717) is 12.8 Å². The third-order valence-corrected chi connectivity index (χ3v) is 3.48. The van der Waals surface area contributed by atoms with Crippen molar-refractivity contribution in [1.82, 2.24) is 0 Å². The molecule has 0 aromatic rings. The number of carbonyl (C=O) groups is 3. The molecule has 4 nitrogen and oxygen atoms in total. The Morgan fingerprint density at radius 1 is 1.26 bits per heavy atom. The van der Waals surface area contributed by atoms with Crippen molar-refractivity contribution in [3.8, 4) is 0 Å². The zero-order chi connectivity index (χ0) is 14.7. The van der Waals surface area contributed by atoms with Gasteiger partial charge in [-0.25, -0.2) is 0 Å². The van der Waals surface area contributed by atoms with Crippen molar-refractivity contribution in [2.45, 2.75) is 71.8 Å². The van der Waals surface area contributed by atoms with Crippen LogP contribution < -0.4 is 0 Å². The first-order valence-corrected chi connectivity index (χ1v) is 6.93. The molecule has 0 radical (unpaired) electrons. The fourth-order valence-electron chi connectivity index (χ4n) is 2.44. The maximum absolute atomic E-state index is 12.4. The fraction of sp³-hybridized carbons (Fsp3) is 0.800. The highest BCUT2D eigenvalue weighted by Crippen LogP contribution is 2.39. The third-order valence-electron chi connectivity index (χ3n) is 3.48. The number of esters is 1. The Kier molecular flexibility index (Phi) is 4.88. The van der Waals surface area contributed by atoms with Gasteiger partial charge in [-0.15, -0.1) is 0 Å². The Morgan fingerprint density at radius 3 is 2.37 bits per heavy atom. The number of rotatable bonds is 4. The maximum atomic E-state index is 12.4. The topological polar surface area (TPSA) is 60.4 Å². The maximum Gasteiger partial charge on any atom is 0.320 e. The van der Waals surface area contributed by atoms with Gasteiger partial charge in [-0.05, 0) is 47.0 Å². The molecule has 19 heavy (non-hydrogen) atoms. The summed E-state index contributed by atoms with van der Waals surface area (Å²) < 4.78 is 5.41. The van der Waals surface area contributed by atoms with E-state index < -0.39 is 17.0 Å². The monoisotopic (exact) mass is 268 g/mol. The van der Waals surface area contributed by atoms with Gasteiger partial charge in [0.1, 0.15) is 22.6 Å². The quantitative estimate of drug-likeness (QED) is 0.581. The van der Waals surface area contributed by atoms with Crippen LogP contribution in [0.2, 0.25) is 0 Å². The zero-order valence-electron chi connectivity index (χ0n) is 12.4. The van der Waals surface area contributed by atoms with Gasteiger partial charge in [0.2, 0.25) is 0 Å². The van der Waals surface area contributed by atoms with E-state index >= 15 is 0 Å². The SMILES string of the molecule is CC(=O)CC[C@]1(C(=O)OC(C)(C)C)CCCCC1=O. The van der Waals surface area contributed by atoms with Gasteiger partial charge in [0.15, 0.2) is 0 Å². The Morgan fingerprint density at radius 2 is 1.89 bits per heavy atom. The average Bonchev–Trinajstić information content (AvgIpc) is 2.25. The van der Waals surface area contributed by atoms with Crippen LogP contribution in [-0.2, 0) is 19.1 Å². The van der Waals surface area contributed by atoms with Crippen LogP contribution in [0.5, 0.6) is 0 Å². The molecule has 1 atom stereocenters. The molecule has 1 fully saturated rings. The molecule has 0 bridgehead atoms. The van der Waals surface area contributed by atoms with Crippen LogP contribution >= 0.6 is 0 Å². The summed E-state index contributed by atoms with van der Waals surface area (Å²) in [5.74, 6) is -0.512. The van der Waals surface area contributed by atoms with E-state index in [4.69, 9.17) is 4.74 Å². The predicted molar refractivity (Wildman–Crippen MR) is 71.7 cm³/mol. The zero-order valence-corrected chi connectivity index (χ0v) is 12.4. The standard InChI is InChI=1S/C15H24O4/c1-11(16)8-10-15(9-6-5-7-12(15)17)13(18)19-14(2,3)4/h5-10H2,1-4H3/t15-/m1/s1. The summed E-state index contributed by atoms with van der Waals surface area (Å²) in [5.41, 5.74) is -1.70. The second-order valence-corrected chi connectivity index (χ2v) is 6.42. The summed E-state index contributed by atoms with van der Waals surface area (Å²) in [6, 6.07) is 0.